The smallest absolute Gasteiger partial charge is 0.224 e. The van der Waals surface area contributed by atoms with Crippen LogP contribution in [-0.4, -0.2) is 56.8 Å². The number of nitrogens with zero attached hydrogens (tertiary/aromatic N) is 1. The lowest BCUT2D eigenvalue weighted by atomic mass is 10.0. The molecule has 1 aromatic rings. The highest BCUT2D eigenvalue weighted by atomic mass is 16.5. The number of ether oxygens (including phenoxy) is 2. The number of rotatable bonds is 7. The quantitative estimate of drug-likeness (QED) is 0.831. The first kappa shape index (κ1) is 17.8. The van der Waals surface area contributed by atoms with E-state index in [9.17, 15) is 4.79 Å². The Bertz CT molecular complexity index is 499. The molecule has 23 heavy (non-hydrogen) atoms. The highest BCUT2D eigenvalue weighted by Crippen LogP contribution is 2.18. The van der Waals surface area contributed by atoms with E-state index in [0.717, 1.165) is 37.6 Å². The van der Waals surface area contributed by atoms with E-state index >= 15 is 0 Å². The van der Waals surface area contributed by atoms with E-state index in [1.54, 1.807) is 7.11 Å². The zero-order valence-corrected chi connectivity index (χ0v) is 14.4. The van der Waals surface area contributed by atoms with Crippen molar-refractivity contribution < 1.29 is 14.3 Å². The van der Waals surface area contributed by atoms with Crippen molar-refractivity contribution in [3.63, 3.8) is 0 Å². The van der Waals surface area contributed by atoms with E-state index in [1.165, 1.54) is 0 Å². The van der Waals surface area contributed by atoms with Gasteiger partial charge in [-0.25, -0.2) is 0 Å². The monoisotopic (exact) mass is 320 g/mol. The second kappa shape index (κ2) is 8.89. The Labute approximate surface area is 139 Å². The summed E-state index contributed by atoms with van der Waals surface area (Å²) in [6.07, 6.45) is 0.345. The Kier molecular flexibility index (Phi) is 6.86. The number of para-hydroxylation sites is 1. The maximum absolute atomic E-state index is 12.3. The maximum atomic E-state index is 12.3. The third kappa shape index (κ3) is 5.22. The highest BCUT2D eigenvalue weighted by Gasteiger charge is 2.24. The first-order valence-electron chi connectivity index (χ1n) is 8.32. The van der Waals surface area contributed by atoms with Crippen molar-refractivity contribution in [2.45, 2.75) is 26.3 Å². The number of carbonyl (C=O) groups is 1. The Morgan fingerprint density at radius 3 is 2.65 bits per heavy atom. The molecule has 0 radical (unpaired) electrons. The second-order valence-electron chi connectivity index (χ2n) is 6.25. The first-order chi connectivity index (χ1) is 11.1. The molecule has 1 aliphatic heterocycles. The lowest BCUT2D eigenvalue weighted by Gasteiger charge is -2.36. The molecular formula is C18H28N2O3. The van der Waals surface area contributed by atoms with Crippen LogP contribution in [0.5, 0.6) is 5.75 Å². The predicted octanol–water partition coefficient (Wildman–Crippen LogP) is 1.71. The van der Waals surface area contributed by atoms with Gasteiger partial charge in [0.05, 0.1) is 26.7 Å². The standard InChI is InChI=1S/C18H28N2O3/c1-14(2)16(20-8-10-23-11-9-20)13-19-18(21)12-15-6-4-5-7-17(15)22-3/h4-7,14,16H,8-13H2,1-3H3,(H,19,21). The molecule has 1 heterocycles. The molecule has 0 bridgehead atoms. The van der Waals surface area contributed by atoms with Crippen molar-refractivity contribution in [2.24, 2.45) is 5.92 Å². The molecule has 1 aliphatic rings. The van der Waals surface area contributed by atoms with Crippen LogP contribution in [0.15, 0.2) is 24.3 Å². The van der Waals surface area contributed by atoms with Crippen molar-refractivity contribution in [2.75, 3.05) is 40.0 Å². The van der Waals surface area contributed by atoms with Crippen molar-refractivity contribution in [3.05, 3.63) is 29.8 Å². The Morgan fingerprint density at radius 1 is 1.30 bits per heavy atom. The van der Waals surface area contributed by atoms with Gasteiger partial charge in [0.25, 0.3) is 0 Å². The zero-order chi connectivity index (χ0) is 16.7. The summed E-state index contributed by atoms with van der Waals surface area (Å²) in [5.74, 6) is 1.28. The number of carbonyl (C=O) groups excluding carboxylic acids is 1. The molecule has 128 valence electrons. The van der Waals surface area contributed by atoms with Crippen LogP contribution in [0.1, 0.15) is 19.4 Å². The molecule has 5 heteroatoms. The highest BCUT2D eigenvalue weighted by molar-refractivity contribution is 5.79. The summed E-state index contributed by atoms with van der Waals surface area (Å²) < 4.78 is 10.7. The third-order valence-corrected chi connectivity index (χ3v) is 4.34. The molecule has 1 amide bonds. The molecule has 1 saturated heterocycles. The number of methoxy groups -OCH3 is 1. The molecule has 0 aliphatic carbocycles. The third-order valence-electron chi connectivity index (χ3n) is 4.34. The minimum Gasteiger partial charge on any atom is -0.496 e. The average Bonchev–Trinajstić information content (AvgIpc) is 2.56. The van der Waals surface area contributed by atoms with Gasteiger partial charge in [0.1, 0.15) is 5.75 Å². The fraction of sp³-hybridized carbons (Fsp3) is 0.611. The summed E-state index contributed by atoms with van der Waals surface area (Å²) in [4.78, 5) is 14.7. The van der Waals surface area contributed by atoms with Crippen LogP contribution >= 0.6 is 0 Å². The number of nitrogens with one attached hydrogen (secondary N) is 1. The van der Waals surface area contributed by atoms with Crippen molar-refractivity contribution >= 4 is 5.91 Å². The Balaban J connectivity index is 1.88. The van der Waals surface area contributed by atoms with E-state index in [1.807, 2.05) is 24.3 Å². The average molecular weight is 320 g/mol. The fourth-order valence-corrected chi connectivity index (χ4v) is 3.00. The van der Waals surface area contributed by atoms with Crippen molar-refractivity contribution in [3.8, 4) is 5.75 Å². The summed E-state index contributed by atoms with van der Waals surface area (Å²) in [6.45, 7) is 8.50. The minimum absolute atomic E-state index is 0.0356. The van der Waals surface area contributed by atoms with Crippen LogP contribution in [0, 0.1) is 5.92 Å². The lowest BCUT2D eigenvalue weighted by molar-refractivity contribution is -0.120. The van der Waals surface area contributed by atoms with Gasteiger partial charge in [0.15, 0.2) is 0 Å². The topological polar surface area (TPSA) is 50.8 Å². The van der Waals surface area contributed by atoms with Crippen molar-refractivity contribution in [1.82, 2.24) is 10.2 Å². The van der Waals surface area contributed by atoms with E-state index in [-0.39, 0.29) is 5.91 Å². The summed E-state index contributed by atoms with van der Waals surface area (Å²) in [5, 5.41) is 3.08. The molecule has 0 aromatic heterocycles. The van der Waals surface area contributed by atoms with Gasteiger partial charge in [-0.2, -0.15) is 0 Å². The molecule has 1 fully saturated rings. The number of hydrogen-bond donors (Lipinski definition) is 1. The Hall–Kier alpha value is -1.59. The van der Waals surface area contributed by atoms with Gasteiger partial charge >= 0.3 is 0 Å². The number of amides is 1. The summed E-state index contributed by atoms with van der Waals surface area (Å²) >= 11 is 0. The SMILES string of the molecule is COc1ccccc1CC(=O)NCC(C(C)C)N1CCOCC1. The van der Waals surface area contributed by atoms with Gasteiger partial charge in [0, 0.05) is 31.2 Å². The van der Waals surface area contributed by atoms with Gasteiger partial charge in [-0.05, 0) is 12.0 Å². The van der Waals surface area contributed by atoms with Crippen LogP contribution in [0.25, 0.3) is 0 Å². The number of benzene rings is 1. The normalized spacial score (nSPS) is 17.0. The van der Waals surface area contributed by atoms with E-state index in [2.05, 4.69) is 24.1 Å². The molecule has 5 nitrogen and oxygen atoms in total. The predicted molar refractivity (Wildman–Crippen MR) is 90.7 cm³/mol. The summed E-state index contributed by atoms with van der Waals surface area (Å²) in [7, 11) is 1.63. The first-order valence-corrected chi connectivity index (χ1v) is 8.32. The lowest BCUT2D eigenvalue weighted by Crippen LogP contribution is -2.51. The van der Waals surface area contributed by atoms with Gasteiger partial charge in [-0.3, -0.25) is 9.69 Å². The second-order valence-corrected chi connectivity index (χ2v) is 6.25. The largest absolute Gasteiger partial charge is 0.496 e. The van der Waals surface area contributed by atoms with E-state index in [4.69, 9.17) is 9.47 Å². The number of hydrogen-bond acceptors (Lipinski definition) is 4. The number of morpholine rings is 1. The summed E-state index contributed by atoms with van der Waals surface area (Å²) in [6, 6.07) is 8.00. The van der Waals surface area contributed by atoms with Crippen LogP contribution < -0.4 is 10.1 Å². The fourth-order valence-electron chi connectivity index (χ4n) is 3.00. The van der Waals surface area contributed by atoms with Crippen LogP contribution in [0.3, 0.4) is 0 Å². The van der Waals surface area contributed by atoms with Gasteiger partial charge in [0.2, 0.25) is 5.91 Å². The molecule has 0 saturated carbocycles. The van der Waals surface area contributed by atoms with Gasteiger partial charge < -0.3 is 14.8 Å². The maximum Gasteiger partial charge on any atom is 0.224 e. The molecule has 2 rings (SSSR count). The van der Waals surface area contributed by atoms with Gasteiger partial charge in [-0.1, -0.05) is 32.0 Å². The van der Waals surface area contributed by atoms with Crippen LogP contribution in [0.2, 0.25) is 0 Å². The Morgan fingerprint density at radius 2 is 2.00 bits per heavy atom. The zero-order valence-electron chi connectivity index (χ0n) is 14.4. The summed E-state index contributed by atoms with van der Waals surface area (Å²) in [5.41, 5.74) is 0.917. The van der Waals surface area contributed by atoms with E-state index in [0.29, 0.717) is 24.9 Å². The molecule has 1 atom stereocenters. The minimum atomic E-state index is 0.0356. The molecular weight excluding hydrogens is 292 g/mol. The molecule has 1 aromatic carbocycles. The van der Waals surface area contributed by atoms with Crippen LogP contribution in [-0.2, 0) is 16.0 Å². The van der Waals surface area contributed by atoms with Crippen molar-refractivity contribution in [1.29, 1.82) is 0 Å². The van der Waals surface area contributed by atoms with Gasteiger partial charge in [-0.15, -0.1) is 0 Å². The molecule has 1 N–H and O–H groups in total. The van der Waals surface area contributed by atoms with Crippen LogP contribution in [0.4, 0.5) is 0 Å². The molecule has 0 spiro atoms. The molecule has 1 unspecified atom stereocenters. The van der Waals surface area contributed by atoms with E-state index < -0.39 is 0 Å².